The summed E-state index contributed by atoms with van der Waals surface area (Å²) in [5.41, 5.74) is 4.61. The van der Waals surface area contributed by atoms with Gasteiger partial charge in [0.2, 0.25) is 5.91 Å². The van der Waals surface area contributed by atoms with Crippen LogP contribution in [0.2, 0.25) is 0 Å². The van der Waals surface area contributed by atoms with Crippen LogP contribution in [0.1, 0.15) is 33.1 Å². The first-order valence-corrected chi connectivity index (χ1v) is 12.2. The van der Waals surface area contributed by atoms with Gasteiger partial charge >= 0.3 is 5.97 Å². The standard InChI is InChI=1S/C31H25N3O4/c1-19-10-15-24-23(8-5-9-27(24)33-19)25-16-17-32-30(36)28(25)26(18-20-6-3-2-4-7-20)29(35)34-22-13-11-21(12-14-22)31(37)38/h2-17,26H,18H2,1H3,(H,32,36)(H,34,35)(H,37,38). The van der Waals surface area contributed by atoms with Gasteiger partial charge in [0, 0.05) is 28.5 Å². The minimum atomic E-state index is -1.05. The van der Waals surface area contributed by atoms with Crippen LogP contribution in [0.3, 0.4) is 0 Å². The maximum atomic E-state index is 13.8. The van der Waals surface area contributed by atoms with Crippen LogP contribution in [0.15, 0.2) is 102 Å². The molecule has 38 heavy (non-hydrogen) atoms. The van der Waals surface area contributed by atoms with E-state index < -0.39 is 11.9 Å². The molecule has 0 radical (unpaired) electrons. The fourth-order valence-corrected chi connectivity index (χ4v) is 4.66. The van der Waals surface area contributed by atoms with Crippen LogP contribution in [0, 0.1) is 6.92 Å². The highest BCUT2D eigenvalue weighted by atomic mass is 16.4. The van der Waals surface area contributed by atoms with Gasteiger partial charge in [-0.05, 0) is 72.5 Å². The summed E-state index contributed by atoms with van der Waals surface area (Å²) in [4.78, 5) is 45.8. The SMILES string of the molecule is Cc1ccc2c(-c3cc[nH]c(=O)c3C(Cc3ccccc3)C(=O)Nc3ccc(C(=O)O)cc3)cccc2n1. The number of hydrogen-bond acceptors (Lipinski definition) is 4. The van der Waals surface area contributed by atoms with Gasteiger partial charge in [0.15, 0.2) is 0 Å². The molecular weight excluding hydrogens is 478 g/mol. The van der Waals surface area contributed by atoms with Gasteiger partial charge < -0.3 is 15.4 Å². The predicted octanol–water partition coefficient (Wildman–Crippen LogP) is 5.56. The third kappa shape index (κ3) is 5.08. The zero-order valence-corrected chi connectivity index (χ0v) is 20.6. The van der Waals surface area contributed by atoms with Crippen molar-refractivity contribution < 1.29 is 14.7 Å². The normalized spacial score (nSPS) is 11.7. The molecule has 0 aliphatic carbocycles. The van der Waals surface area contributed by atoms with Gasteiger partial charge in [0.1, 0.15) is 0 Å². The monoisotopic (exact) mass is 503 g/mol. The molecule has 0 saturated carbocycles. The number of anilines is 1. The second-order valence-electron chi connectivity index (χ2n) is 9.07. The minimum Gasteiger partial charge on any atom is -0.478 e. The molecule has 0 spiro atoms. The zero-order chi connectivity index (χ0) is 26.6. The molecule has 2 heterocycles. The molecule has 5 aromatic rings. The number of aryl methyl sites for hydroxylation is 1. The van der Waals surface area contributed by atoms with E-state index in [1.54, 1.807) is 6.20 Å². The van der Waals surface area contributed by atoms with Gasteiger partial charge in [-0.3, -0.25) is 14.6 Å². The fourth-order valence-electron chi connectivity index (χ4n) is 4.66. The Bertz CT molecular complexity index is 1690. The maximum Gasteiger partial charge on any atom is 0.335 e. The average molecular weight is 504 g/mol. The van der Waals surface area contributed by atoms with Crippen molar-refractivity contribution in [2.75, 3.05) is 5.32 Å². The van der Waals surface area contributed by atoms with E-state index in [1.165, 1.54) is 24.3 Å². The summed E-state index contributed by atoms with van der Waals surface area (Å²) in [7, 11) is 0. The number of rotatable bonds is 7. The summed E-state index contributed by atoms with van der Waals surface area (Å²) >= 11 is 0. The highest BCUT2D eigenvalue weighted by Gasteiger charge is 2.28. The molecule has 1 unspecified atom stereocenters. The predicted molar refractivity (Wildman–Crippen MR) is 147 cm³/mol. The Hall–Kier alpha value is -5.04. The Labute approximate surface area is 218 Å². The number of hydrogen-bond donors (Lipinski definition) is 3. The Kier molecular flexibility index (Phi) is 6.82. The number of aromatic amines is 1. The first-order chi connectivity index (χ1) is 18.4. The number of carbonyl (C=O) groups is 2. The molecule has 1 atom stereocenters. The van der Waals surface area contributed by atoms with Crippen molar-refractivity contribution in [1.82, 2.24) is 9.97 Å². The lowest BCUT2D eigenvalue weighted by Crippen LogP contribution is -2.29. The number of nitrogens with one attached hydrogen (secondary N) is 2. The van der Waals surface area contributed by atoms with Crippen molar-refractivity contribution in [3.05, 3.63) is 130 Å². The first kappa shape index (κ1) is 24.6. The lowest BCUT2D eigenvalue weighted by Gasteiger charge is -2.20. The molecule has 7 heteroatoms. The Balaban J connectivity index is 1.63. The van der Waals surface area contributed by atoms with Crippen molar-refractivity contribution in [2.45, 2.75) is 19.3 Å². The molecule has 2 aromatic heterocycles. The van der Waals surface area contributed by atoms with E-state index in [9.17, 15) is 19.5 Å². The third-order valence-corrected chi connectivity index (χ3v) is 6.51. The smallest absolute Gasteiger partial charge is 0.335 e. The molecule has 0 aliphatic rings. The second kappa shape index (κ2) is 10.5. The van der Waals surface area contributed by atoms with Crippen LogP contribution in [0.5, 0.6) is 0 Å². The quantitative estimate of drug-likeness (QED) is 0.269. The number of aromatic carboxylic acids is 1. The zero-order valence-electron chi connectivity index (χ0n) is 20.6. The number of aromatic nitrogens is 2. The van der Waals surface area contributed by atoms with E-state index in [2.05, 4.69) is 15.3 Å². The number of benzene rings is 3. The molecular formula is C31H25N3O4. The average Bonchev–Trinajstić information content (AvgIpc) is 2.92. The molecule has 3 N–H and O–H groups in total. The highest BCUT2D eigenvalue weighted by molar-refractivity contribution is 6.00. The Morgan fingerprint density at radius 3 is 2.39 bits per heavy atom. The number of amides is 1. The molecule has 0 bridgehead atoms. The number of nitrogens with zero attached hydrogens (tertiary/aromatic N) is 1. The van der Waals surface area contributed by atoms with Gasteiger partial charge in [-0.15, -0.1) is 0 Å². The number of carboxylic acid groups (broad SMARTS) is 1. The minimum absolute atomic E-state index is 0.116. The summed E-state index contributed by atoms with van der Waals surface area (Å²) in [5.74, 6) is -2.25. The topological polar surface area (TPSA) is 112 Å². The summed E-state index contributed by atoms with van der Waals surface area (Å²) in [6.45, 7) is 1.92. The van der Waals surface area contributed by atoms with Gasteiger partial charge in [-0.1, -0.05) is 48.5 Å². The third-order valence-electron chi connectivity index (χ3n) is 6.51. The van der Waals surface area contributed by atoms with Crippen molar-refractivity contribution in [2.24, 2.45) is 0 Å². The number of H-pyrrole nitrogens is 1. The maximum absolute atomic E-state index is 13.8. The number of fused-ring (bicyclic) bond motifs is 1. The molecule has 0 saturated heterocycles. The van der Waals surface area contributed by atoms with Crippen molar-refractivity contribution in [3.63, 3.8) is 0 Å². The van der Waals surface area contributed by atoms with Crippen LogP contribution in [-0.4, -0.2) is 27.0 Å². The number of carboxylic acids is 1. The Morgan fingerprint density at radius 1 is 0.895 bits per heavy atom. The van der Waals surface area contributed by atoms with E-state index in [0.717, 1.165) is 27.7 Å². The molecule has 0 fully saturated rings. The summed E-state index contributed by atoms with van der Waals surface area (Å²) in [6.07, 6.45) is 1.88. The van der Waals surface area contributed by atoms with Crippen molar-refractivity contribution >= 4 is 28.5 Å². The largest absolute Gasteiger partial charge is 0.478 e. The first-order valence-electron chi connectivity index (χ1n) is 12.2. The molecule has 5 rings (SSSR count). The summed E-state index contributed by atoms with van der Waals surface area (Å²) in [5, 5.41) is 13.0. The van der Waals surface area contributed by atoms with E-state index in [1.807, 2.05) is 73.7 Å². The van der Waals surface area contributed by atoms with Crippen LogP contribution < -0.4 is 10.9 Å². The van der Waals surface area contributed by atoms with E-state index in [4.69, 9.17) is 0 Å². The second-order valence-corrected chi connectivity index (χ2v) is 9.07. The number of pyridine rings is 2. The summed E-state index contributed by atoms with van der Waals surface area (Å²) in [6, 6.07) is 26.9. The Morgan fingerprint density at radius 2 is 1.66 bits per heavy atom. The lowest BCUT2D eigenvalue weighted by molar-refractivity contribution is -0.117. The van der Waals surface area contributed by atoms with Crippen molar-refractivity contribution in [1.29, 1.82) is 0 Å². The molecule has 1 amide bonds. The fraction of sp³-hybridized carbons (Fsp3) is 0.0968. The molecule has 7 nitrogen and oxygen atoms in total. The van der Waals surface area contributed by atoms with Gasteiger partial charge in [0.05, 0.1) is 17.0 Å². The van der Waals surface area contributed by atoms with Crippen LogP contribution in [0.25, 0.3) is 22.0 Å². The van der Waals surface area contributed by atoms with E-state index in [-0.39, 0.29) is 17.0 Å². The van der Waals surface area contributed by atoms with E-state index >= 15 is 0 Å². The van der Waals surface area contributed by atoms with Gasteiger partial charge in [0.25, 0.3) is 5.56 Å². The van der Waals surface area contributed by atoms with Crippen molar-refractivity contribution in [3.8, 4) is 11.1 Å². The van der Waals surface area contributed by atoms with Crippen LogP contribution in [0.4, 0.5) is 5.69 Å². The van der Waals surface area contributed by atoms with Crippen LogP contribution >= 0.6 is 0 Å². The van der Waals surface area contributed by atoms with Crippen LogP contribution in [-0.2, 0) is 11.2 Å². The molecule has 188 valence electrons. The summed E-state index contributed by atoms with van der Waals surface area (Å²) < 4.78 is 0. The van der Waals surface area contributed by atoms with Gasteiger partial charge in [-0.2, -0.15) is 0 Å². The molecule has 0 aliphatic heterocycles. The highest BCUT2D eigenvalue weighted by Crippen LogP contribution is 2.34. The lowest BCUT2D eigenvalue weighted by atomic mass is 9.86. The molecule has 3 aromatic carbocycles. The van der Waals surface area contributed by atoms with E-state index in [0.29, 0.717) is 23.2 Å². The van der Waals surface area contributed by atoms with Gasteiger partial charge in [-0.25, -0.2) is 4.79 Å². The number of carbonyl (C=O) groups excluding carboxylic acids is 1.